The van der Waals surface area contributed by atoms with Crippen molar-refractivity contribution in [2.45, 2.75) is 6.92 Å². The molecule has 0 bridgehead atoms. The van der Waals surface area contributed by atoms with E-state index in [0.717, 1.165) is 4.47 Å². The second-order valence-corrected chi connectivity index (χ2v) is 5.31. The average Bonchev–Trinajstić information content (AvgIpc) is 2.43. The molecule has 0 atom stereocenters. The number of pyridine rings is 1. The standard InChI is InChI=1S/C13H11BrClN3O3/c1-2-16-12-6-5-10(18(19)20)13(17-12)21-11-7-8(14)3-4-9(11)15/h3-7H,2H2,1H3,(H,16,17). The summed E-state index contributed by atoms with van der Waals surface area (Å²) in [6.45, 7) is 2.54. The number of benzene rings is 1. The van der Waals surface area contributed by atoms with Crippen LogP contribution >= 0.6 is 27.5 Å². The average molecular weight is 373 g/mol. The highest BCUT2D eigenvalue weighted by Crippen LogP contribution is 2.35. The molecule has 0 aliphatic rings. The van der Waals surface area contributed by atoms with Gasteiger partial charge in [-0.3, -0.25) is 10.1 Å². The smallest absolute Gasteiger partial charge is 0.331 e. The Morgan fingerprint density at radius 3 is 2.86 bits per heavy atom. The number of halogens is 2. The topological polar surface area (TPSA) is 77.3 Å². The molecule has 0 amide bonds. The third-order valence-electron chi connectivity index (χ3n) is 2.49. The van der Waals surface area contributed by atoms with Crippen LogP contribution in [0.25, 0.3) is 0 Å². The summed E-state index contributed by atoms with van der Waals surface area (Å²) in [5.41, 5.74) is -0.229. The van der Waals surface area contributed by atoms with Crippen molar-refractivity contribution in [2.24, 2.45) is 0 Å². The van der Waals surface area contributed by atoms with Gasteiger partial charge in [-0.1, -0.05) is 27.5 Å². The second-order valence-electron chi connectivity index (χ2n) is 3.99. The molecule has 0 aliphatic heterocycles. The van der Waals surface area contributed by atoms with Crippen LogP contribution in [0.5, 0.6) is 11.6 Å². The van der Waals surface area contributed by atoms with Gasteiger partial charge in [-0.2, -0.15) is 4.98 Å². The fourth-order valence-corrected chi connectivity index (χ4v) is 2.08. The minimum Gasteiger partial charge on any atom is -0.432 e. The van der Waals surface area contributed by atoms with E-state index in [9.17, 15) is 10.1 Å². The lowest BCUT2D eigenvalue weighted by molar-refractivity contribution is -0.386. The molecule has 1 heterocycles. The highest BCUT2D eigenvalue weighted by atomic mass is 79.9. The summed E-state index contributed by atoms with van der Waals surface area (Å²) in [5, 5.41) is 14.4. The molecular formula is C13H11BrClN3O3. The van der Waals surface area contributed by atoms with E-state index in [4.69, 9.17) is 16.3 Å². The maximum Gasteiger partial charge on any atom is 0.331 e. The van der Waals surface area contributed by atoms with Gasteiger partial charge < -0.3 is 10.1 Å². The van der Waals surface area contributed by atoms with Crippen molar-refractivity contribution in [3.8, 4) is 11.6 Å². The fourth-order valence-electron chi connectivity index (χ4n) is 1.59. The molecule has 0 saturated carbocycles. The molecule has 0 fully saturated rings. The van der Waals surface area contributed by atoms with Crippen LogP contribution in [0, 0.1) is 10.1 Å². The van der Waals surface area contributed by atoms with Crippen molar-refractivity contribution in [3.05, 3.63) is 49.9 Å². The van der Waals surface area contributed by atoms with E-state index in [1.165, 1.54) is 12.1 Å². The van der Waals surface area contributed by atoms with Crippen molar-refractivity contribution in [1.82, 2.24) is 4.98 Å². The van der Waals surface area contributed by atoms with Crippen molar-refractivity contribution in [1.29, 1.82) is 0 Å². The molecule has 2 rings (SSSR count). The summed E-state index contributed by atoms with van der Waals surface area (Å²) >= 11 is 9.31. The Balaban J connectivity index is 2.43. The number of anilines is 1. The minimum atomic E-state index is -0.552. The van der Waals surface area contributed by atoms with Crippen molar-refractivity contribution >= 4 is 39.0 Å². The number of rotatable bonds is 5. The molecule has 21 heavy (non-hydrogen) atoms. The summed E-state index contributed by atoms with van der Waals surface area (Å²) in [4.78, 5) is 14.6. The third kappa shape index (κ3) is 3.83. The Hall–Kier alpha value is -1.86. The van der Waals surface area contributed by atoms with Gasteiger partial charge in [0.1, 0.15) is 11.6 Å². The lowest BCUT2D eigenvalue weighted by atomic mass is 10.3. The van der Waals surface area contributed by atoms with Gasteiger partial charge in [-0.15, -0.1) is 0 Å². The van der Waals surface area contributed by atoms with Gasteiger partial charge in [-0.05, 0) is 31.2 Å². The van der Waals surface area contributed by atoms with E-state index in [2.05, 4.69) is 26.2 Å². The molecular weight excluding hydrogens is 362 g/mol. The summed E-state index contributed by atoms with van der Waals surface area (Å²) in [6, 6.07) is 7.85. The van der Waals surface area contributed by atoms with Crippen LogP contribution in [0.2, 0.25) is 5.02 Å². The largest absolute Gasteiger partial charge is 0.432 e. The van der Waals surface area contributed by atoms with Crippen LogP contribution in [-0.2, 0) is 0 Å². The number of hydrogen-bond acceptors (Lipinski definition) is 5. The second kappa shape index (κ2) is 6.73. The highest BCUT2D eigenvalue weighted by molar-refractivity contribution is 9.10. The van der Waals surface area contributed by atoms with E-state index in [1.54, 1.807) is 18.2 Å². The Kier molecular flexibility index (Phi) is 4.98. The van der Waals surface area contributed by atoms with Gasteiger partial charge in [0.05, 0.1) is 9.95 Å². The molecule has 2 aromatic rings. The van der Waals surface area contributed by atoms with Gasteiger partial charge in [0, 0.05) is 17.1 Å². The van der Waals surface area contributed by atoms with Crippen molar-refractivity contribution in [2.75, 3.05) is 11.9 Å². The first-order chi connectivity index (χ1) is 10.0. The van der Waals surface area contributed by atoms with E-state index < -0.39 is 4.92 Å². The first-order valence-electron chi connectivity index (χ1n) is 6.03. The number of nitrogens with one attached hydrogen (secondary N) is 1. The summed E-state index contributed by atoms with van der Waals surface area (Å²) in [6.07, 6.45) is 0. The number of hydrogen-bond donors (Lipinski definition) is 1. The number of nitro groups is 1. The Morgan fingerprint density at radius 2 is 2.19 bits per heavy atom. The molecule has 1 aromatic heterocycles. The Labute approximate surface area is 134 Å². The van der Waals surface area contributed by atoms with Crippen molar-refractivity contribution in [3.63, 3.8) is 0 Å². The first kappa shape index (κ1) is 15.5. The van der Waals surface area contributed by atoms with E-state index in [1.807, 2.05) is 6.92 Å². The van der Waals surface area contributed by atoms with Crippen LogP contribution in [0.4, 0.5) is 11.5 Å². The maximum atomic E-state index is 11.1. The molecule has 0 radical (unpaired) electrons. The summed E-state index contributed by atoms with van der Waals surface area (Å²) in [7, 11) is 0. The van der Waals surface area contributed by atoms with Gasteiger partial charge in [0.25, 0.3) is 0 Å². The molecule has 0 aliphatic carbocycles. The predicted octanol–water partition coefficient (Wildman–Crippen LogP) is 4.63. The fraction of sp³-hybridized carbons (Fsp3) is 0.154. The molecule has 0 unspecified atom stereocenters. The Morgan fingerprint density at radius 1 is 1.43 bits per heavy atom. The zero-order valence-electron chi connectivity index (χ0n) is 11.0. The third-order valence-corrected chi connectivity index (χ3v) is 3.30. The maximum absolute atomic E-state index is 11.1. The van der Waals surface area contributed by atoms with Crippen LogP contribution in [-0.4, -0.2) is 16.5 Å². The zero-order valence-corrected chi connectivity index (χ0v) is 13.3. The van der Waals surface area contributed by atoms with E-state index in [-0.39, 0.29) is 17.3 Å². The molecule has 8 heteroatoms. The molecule has 1 aromatic carbocycles. The van der Waals surface area contributed by atoms with Gasteiger partial charge in [-0.25, -0.2) is 0 Å². The SMILES string of the molecule is CCNc1ccc([N+](=O)[O-])c(Oc2cc(Br)ccc2Cl)n1. The number of ether oxygens (including phenoxy) is 1. The quantitative estimate of drug-likeness (QED) is 0.611. The number of aromatic nitrogens is 1. The van der Waals surface area contributed by atoms with Crippen LogP contribution < -0.4 is 10.1 Å². The minimum absolute atomic E-state index is 0.113. The lowest BCUT2D eigenvalue weighted by Crippen LogP contribution is -2.02. The molecule has 1 N–H and O–H groups in total. The zero-order chi connectivity index (χ0) is 15.4. The van der Waals surface area contributed by atoms with Crippen LogP contribution in [0.1, 0.15) is 6.92 Å². The molecule has 0 spiro atoms. The van der Waals surface area contributed by atoms with Gasteiger partial charge in [0.15, 0.2) is 0 Å². The Bertz CT molecular complexity index is 682. The van der Waals surface area contributed by atoms with Gasteiger partial charge >= 0.3 is 11.6 Å². The predicted molar refractivity (Wildman–Crippen MR) is 84.3 cm³/mol. The monoisotopic (exact) mass is 371 g/mol. The van der Waals surface area contributed by atoms with Crippen LogP contribution in [0.15, 0.2) is 34.8 Å². The molecule has 0 saturated heterocycles. The van der Waals surface area contributed by atoms with Gasteiger partial charge in [0.2, 0.25) is 0 Å². The van der Waals surface area contributed by atoms with Crippen LogP contribution in [0.3, 0.4) is 0 Å². The summed E-state index contributed by atoms with van der Waals surface area (Å²) < 4.78 is 6.26. The van der Waals surface area contributed by atoms with Crippen molar-refractivity contribution < 1.29 is 9.66 Å². The first-order valence-corrected chi connectivity index (χ1v) is 7.20. The molecule has 110 valence electrons. The molecule has 6 nitrogen and oxygen atoms in total. The van der Waals surface area contributed by atoms with E-state index >= 15 is 0 Å². The van der Waals surface area contributed by atoms with E-state index in [0.29, 0.717) is 17.4 Å². The summed E-state index contributed by atoms with van der Waals surface area (Å²) in [5.74, 6) is 0.665. The number of nitrogens with zero attached hydrogens (tertiary/aromatic N) is 2. The lowest BCUT2D eigenvalue weighted by Gasteiger charge is -2.09. The highest BCUT2D eigenvalue weighted by Gasteiger charge is 2.19. The normalized spacial score (nSPS) is 10.2.